The van der Waals surface area contributed by atoms with Crippen LogP contribution in [0.3, 0.4) is 0 Å². The van der Waals surface area contributed by atoms with Crippen molar-refractivity contribution < 1.29 is 14.4 Å². The minimum Gasteiger partial charge on any atom is -0.496 e. The number of likely N-dealkylation sites (N-methyl/N-ethyl adjacent to an activating group) is 1. The lowest BCUT2D eigenvalue weighted by Crippen LogP contribution is -3.08. The lowest BCUT2D eigenvalue weighted by atomic mass is 10.1. The summed E-state index contributed by atoms with van der Waals surface area (Å²) in [6.07, 6.45) is 0. The molecule has 4 nitrogen and oxygen atoms in total. The van der Waals surface area contributed by atoms with Crippen LogP contribution in [0.25, 0.3) is 0 Å². The second kappa shape index (κ2) is 8.85. The van der Waals surface area contributed by atoms with Gasteiger partial charge in [0.1, 0.15) is 12.3 Å². The number of carbonyl (C=O) groups excluding carboxylic acids is 1. The molecule has 0 aromatic heterocycles. The zero-order valence-corrected chi connectivity index (χ0v) is 15.9. The maximum atomic E-state index is 12.2. The molecular weight excluding hydrogens is 368 g/mol. The van der Waals surface area contributed by atoms with Gasteiger partial charge in [0.25, 0.3) is 5.91 Å². The van der Waals surface area contributed by atoms with E-state index in [9.17, 15) is 4.79 Å². The third-order valence-electron chi connectivity index (χ3n) is 3.93. The predicted molar refractivity (Wildman–Crippen MR) is 99.2 cm³/mol. The zero-order chi connectivity index (χ0) is 17.5. The van der Waals surface area contributed by atoms with Crippen molar-refractivity contribution in [3.05, 3.63) is 63.6 Å². The van der Waals surface area contributed by atoms with Gasteiger partial charge in [-0.1, -0.05) is 40.2 Å². The van der Waals surface area contributed by atoms with Crippen molar-refractivity contribution >= 4 is 21.8 Å². The van der Waals surface area contributed by atoms with E-state index in [1.54, 1.807) is 7.11 Å². The molecule has 0 heterocycles. The van der Waals surface area contributed by atoms with Gasteiger partial charge in [0, 0.05) is 16.6 Å². The van der Waals surface area contributed by atoms with E-state index < -0.39 is 0 Å². The molecule has 0 fully saturated rings. The first-order valence-electron chi connectivity index (χ1n) is 7.94. The fraction of sp³-hybridized carbons (Fsp3) is 0.316. The van der Waals surface area contributed by atoms with Crippen LogP contribution in [0.1, 0.15) is 16.7 Å². The normalized spacial score (nSPS) is 11.8. The van der Waals surface area contributed by atoms with Crippen molar-refractivity contribution in [2.75, 3.05) is 20.7 Å². The molecule has 0 aliphatic heterocycles. The quantitative estimate of drug-likeness (QED) is 0.758. The molecule has 1 amide bonds. The van der Waals surface area contributed by atoms with Crippen molar-refractivity contribution in [3.63, 3.8) is 0 Å². The summed E-state index contributed by atoms with van der Waals surface area (Å²) in [5, 5.41) is 3.00. The Morgan fingerprint density at radius 1 is 1.21 bits per heavy atom. The molecule has 24 heavy (non-hydrogen) atoms. The molecule has 128 valence electrons. The topological polar surface area (TPSA) is 42.8 Å². The molecule has 2 rings (SSSR count). The van der Waals surface area contributed by atoms with Crippen molar-refractivity contribution in [3.8, 4) is 5.75 Å². The van der Waals surface area contributed by atoms with E-state index in [1.165, 1.54) is 5.56 Å². The van der Waals surface area contributed by atoms with Gasteiger partial charge in [-0.05, 0) is 36.2 Å². The van der Waals surface area contributed by atoms with E-state index >= 15 is 0 Å². The van der Waals surface area contributed by atoms with Crippen molar-refractivity contribution in [1.29, 1.82) is 0 Å². The summed E-state index contributed by atoms with van der Waals surface area (Å²) in [4.78, 5) is 13.3. The highest BCUT2D eigenvalue weighted by molar-refractivity contribution is 9.10. The number of aryl methyl sites for hydroxylation is 1. The summed E-state index contributed by atoms with van der Waals surface area (Å²) in [5.41, 5.74) is 3.42. The lowest BCUT2D eigenvalue weighted by molar-refractivity contribution is -0.885. The molecule has 5 heteroatoms. The van der Waals surface area contributed by atoms with Crippen molar-refractivity contribution in [2.24, 2.45) is 0 Å². The largest absolute Gasteiger partial charge is 0.496 e. The van der Waals surface area contributed by atoms with Crippen LogP contribution in [0, 0.1) is 6.92 Å². The summed E-state index contributed by atoms with van der Waals surface area (Å²) in [7, 11) is 3.67. The number of hydrogen-bond acceptors (Lipinski definition) is 2. The standard InChI is InChI=1S/C19H23BrN2O2/c1-14-6-4-5-7-15(14)11-21-19(23)13-22(2)12-16-10-17(20)8-9-18(16)24-3/h4-10H,11-13H2,1-3H3,(H,21,23)/p+1. The van der Waals surface area contributed by atoms with E-state index in [1.807, 2.05) is 43.4 Å². The molecule has 1 atom stereocenters. The van der Waals surface area contributed by atoms with Gasteiger partial charge < -0.3 is 15.0 Å². The van der Waals surface area contributed by atoms with Gasteiger partial charge in [0.15, 0.2) is 6.54 Å². The highest BCUT2D eigenvalue weighted by Gasteiger charge is 2.14. The first-order valence-corrected chi connectivity index (χ1v) is 8.74. The van der Waals surface area contributed by atoms with Crippen LogP contribution >= 0.6 is 15.9 Å². The number of methoxy groups -OCH3 is 1. The number of benzene rings is 2. The summed E-state index contributed by atoms with van der Waals surface area (Å²) in [6, 6.07) is 14.0. The average molecular weight is 392 g/mol. The lowest BCUT2D eigenvalue weighted by Gasteiger charge is -2.16. The number of carbonyl (C=O) groups is 1. The smallest absolute Gasteiger partial charge is 0.275 e. The molecule has 0 saturated carbocycles. The highest BCUT2D eigenvalue weighted by Crippen LogP contribution is 2.22. The van der Waals surface area contributed by atoms with Crippen LogP contribution in [0.4, 0.5) is 0 Å². The maximum absolute atomic E-state index is 12.2. The van der Waals surface area contributed by atoms with Crippen molar-refractivity contribution in [2.45, 2.75) is 20.0 Å². The van der Waals surface area contributed by atoms with Gasteiger partial charge in [0.2, 0.25) is 0 Å². The monoisotopic (exact) mass is 391 g/mol. The summed E-state index contributed by atoms with van der Waals surface area (Å²) in [6.45, 7) is 3.76. The molecule has 0 bridgehead atoms. The molecule has 0 aliphatic carbocycles. The number of halogens is 1. The first kappa shape index (κ1) is 18.5. The van der Waals surface area contributed by atoms with Crippen LogP contribution in [-0.4, -0.2) is 26.6 Å². The number of hydrogen-bond donors (Lipinski definition) is 2. The Bertz CT molecular complexity index is 704. The first-order chi connectivity index (χ1) is 11.5. The number of nitrogens with one attached hydrogen (secondary N) is 2. The van der Waals surface area contributed by atoms with E-state index in [0.29, 0.717) is 13.1 Å². The Morgan fingerprint density at radius 2 is 1.96 bits per heavy atom. The second-order valence-corrected chi connectivity index (χ2v) is 6.89. The molecule has 0 spiro atoms. The summed E-state index contributed by atoms with van der Waals surface area (Å²) < 4.78 is 6.40. The Morgan fingerprint density at radius 3 is 2.67 bits per heavy atom. The van der Waals surface area contributed by atoms with E-state index in [2.05, 4.69) is 34.2 Å². The van der Waals surface area contributed by atoms with Gasteiger partial charge in [0.05, 0.1) is 14.2 Å². The van der Waals surface area contributed by atoms with Crippen molar-refractivity contribution in [1.82, 2.24) is 5.32 Å². The van der Waals surface area contributed by atoms with E-state index in [4.69, 9.17) is 4.74 Å². The summed E-state index contributed by atoms with van der Waals surface area (Å²) in [5.74, 6) is 0.891. The fourth-order valence-electron chi connectivity index (χ4n) is 2.61. The Balaban J connectivity index is 1.88. The molecule has 2 aromatic carbocycles. The Labute approximate surface area is 151 Å². The predicted octanol–water partition coefficient (Wildman–Crippen LogP) is 2.10. The van der Waals surface area contributed by atoms with Crippen LogP contribution in [0.15, 0.2) is 46.9 Å². The van der Waals surface area contributed by atoms with Crippen LogP contribution < -0.4 is 15.0 Å². The third-order valence-corrected chi connectivity index (χ3v) is 4.43. The van der Waals surface area contributed by atoms with Crippen LogP contribution in [0.5, 0.6) is 5.75 Å². The van der Waals surface area contributed by atoms with Gasteiger partial charge in [-0.25, -0.2) is 0 Å². The number of amides is 1. The van der Waals surface area contributed by atoms with E-state index in [0.717, 1.165) is 32.8 Å². The van der Waals surface area contributed by atoms with E-state index in [-0.39, 0.29) is 5.91 Å². The maximum Gasteiger partial charge on any atom is 0.275 e. The Hall–Kier alpha value is -1.85. The van der Waals surface area contributed by atoms with Gasteiger partial charge in [-0.15, -0.1) is 0 Å². The molecule has 0 saturated heterocycles. The van der Waals surface area contributed by atoms with Gasteiger partial charge >= 0.3 is 0 Å². The summed E-state index contributed by atoms with van der Waals surface area (Å²) >= 11 is 3.48. The number of ether oxygens (including phenoxy) is 1. The Kier molecular flexibility index (Phi) is 6.82. The molecule has 1 unspecified atom stereocenters. The third kappa shape index (κ3) is 5.35. The minimum absolute atomic E-state index is 0.0460. The molecule has 2 N–H and O–H groups in total. The number of rotatable bonds is 7. The number of quaternary nitrogens is 1. The fourth-order valence-corrected chi connectivity index (χ4v) is 3.02. The average Bonchev–Trinajstić information content (AvgIpc) is 2.54. The molecular formula is C19H24BrN2O2+. The molecule has 2 aromatic rings. The van der Waals surface area contributed by atoms with Gasteiger partial charge in [-0.2, -0.15) is 0 Å². The van der Waals surface area contributed by atoms with Crippen LogP contribution in [-0.2, 0) is 17.9 Å². The second-order valence-electron chi connectivity index (χ2n) is 5.97. The molecule has 0 radical (unpaired) electrons. The molecule has 0 aliphatic rings. The van der Waals surface area contributed by atoms with Gasteiger partial charge in [-0.3, -0.25) is 4.79 Å². The minimum atomic E-state index is 0.0460. The highest BCUT2D eigenvalue weighted by atomic mass is 79.9. The SMILES string of the molecule is COc1ccc(Br)cc1C[NH+](C)CC(=O)NCc1ccccc1C. The van der Waals surface area contributed by atoms with Crippen LogP contribution in [0.2, 0.25) is 0 Å². The zero-order valence-electron chi connectivity index (χ0n) is 14.4.